The predicted octanol–water partition coefficient (Wildman–Crippen LogP) is 1.97. The van der Waals surface area contributed by atoms with Crippen LogP contribution in [0.5, 0.6) is 0 Å². The minimum Gasteiger partial charge on any atom is -0.457 e. The number of hydrogen-bond acceptors (Lipinski definition) is 5. The van der Waals surface area contributed by atoms with Crippen molar-refractivity contribution in [1.82, 2.24) is 4.90 Å². The van der Waals surface area contributed by atoms with Crippen molar-refractivity contribution < 1.29 is 28.3 Å². The lowest BCUT2D eigenvalue weighted by Gasteiger charge is -2.19. The molecule has 0 unspecified atom stereocenters. The number of carbonyl (C=O) groups is 4. The van der Waals surface area contributed by atoms with E-state index >= 15 is 0 Å². The lowest BCUT2D eigenvalue weighted by molar-refractivity contribution is -0.145. The van der Waals surface area contributed by atoms with E-state index < -0.39 is 24.2 Å². The van der Waals surface area contributed by atoms with Gasteiger partial charge < -0.3 is 4.74 Å². The lowest BCUT2D eigenvalue weighted by atomic mass is 9.81. The number of Topliss-reactive ketones (excluding diaryl/α,β-unsaturated/α-hetero) is 1. The number of imide groups is 1. The van der Waals surface area contributed by atoms with E-state index in [0.717, 1.165) is 31.4 Å². The van der Waals surface area contributed by atoms with Gasteiger partial charge in [0, 0.05) is 12.1 Å². The number of amides is 2. The van der Waals surface area contributed by atoms with Crippen LogP contribution in [0.4, 0.5) is 4.39 Å². The molecule has 1 aromatic carbocycles. The Morgan fingerprint density at radius 2 is 1.63 bits per heavy atom. The second-order valence-electron chi connectivity index (χ2n) is 7.55. The van der Waals surface area contributed by atoms with Gasteiger partial charge in [0.25, 0.3) is 0 Å². The molecule has 3 aliphatic rings. The van der Waals surface area contributed by atoms with Gasteiger partial charge in [-0.25, -0.2) is 4.39 Å². The summed E-state index contributed by atoms with van der Waals surface area (Å²) < 4.78 is 17.8. The molecule has 27 heavy (non-hydrogen) atoms. The zero-order chi connectivity index (χ0) is 19.1. The maximum absolute atomic E-state index is 12.9. The fourth-order valence-electron chi connectivity index (χ4n) is 4.83. The molecular weight excluding hydrogens is 353 g/mol. The molecule has 2 bridgehead atoms. The molecule has 7 heteroatoms. The predicted molar refractivity (Wildman–Crippen MR) is 90.8 cm³/mol. The number of carbonyl (C=O) groups excluding carboxylic acids is 4. The van der Waals surface area contributed by atoms with Crippen LogP contribution >= 0.6 is 0 Å². The van der Waals surface area contributed by atoms with Gasteiger partial charge in [-0.15, -0.1) is 0 Å². The van der Waals surface area contributed by atoms with Gasteiger partial charge in [0.1, 0.15) is 5.82 Å². The first kappa shape index (κ1) is 17.8. The van der Waals surface area contributed by atoms with Gasteiger partial charge in [-0.1, -0.05) is 0 Å². The number of nitrogens with zero attached hydrogens (tertiary/aromatic N) is 1. The fourth-order valence-corrected chi connectivity index (χ4v) is 4.83. The highest BCUT2D eigenvalue weighted by molar-refractivity contribution is 6.06. The van der Waals surface area contributed by atoms with Gasteiger partial charge >= 0.3 is 5.97 Å². The van der Waals surface area contributed by atoms with Crippen molar-refractivity contribution in [3.63, 3.8) is 0 Å². The van der Waals surface area contributed by atoms with Gasteiger partial charge in [-0.3, -0.25) is 24.1 Å². The van der Waals surface area contributed by atoms with Crippen molar-refractivity contribution >= 4 is 23.6 Å². The molecule has 2 saturated carbocycles. The minimum absolute atomic E-state index is 0.00627. The monoisotopic (exact) mass is 373 g/mol. The van der Waals surface area contributed by atoms with E-state index in [1.165, 1.54) is 17.0 Å². The number of benzene rings is 1. The second kappa shape index (κ2) is 6.87. The molecule has 6 nitrogen and oxygen atoms in total. The summed E-state index contributed by atoms with van der Waals surface area (Å²) in [5.41, 5.74) is 0.248. The van der Waals surface area contributed by atoms with E-state index in [0.29, 0.717) is 11.8 Å². The Bertz CT molecular complexity index is 777. The molecular formula is C20H20FNO5. The molecule has 0 aromatic heterocycles. The van der Waals surface area contributed by atoms with Crippen LogP contribution < -0.4 is 0 Å². The molecule has 1 aliphatic heterocycles. The molecule has 1 saturated heterocycles. The van der Waals surface area contributed by atoms with Gasteiger partial charge in [-0.05, 0) is 55.4 Å². The van der Waals surface area contributed by atoms with E-state index in [1.807, 2.05) is 0 Å². The van der Waals surface area contributed by atoms with Crippen LogP contribution in [0.15, 0.2) is 24.3 Å². The molecule has 142 valence electrons. The van der Waals surface area contributed by atoms with Crippen LogP contribution in [0, 0.1) is 29.5 Å². The molecule has 4 atom stereocenters. The summed E-state index contributed by atoms with van der Waals surface area (Å²) in [5, 5.41) is 0. The van der Waals surface area contributed by atoms with Crippen LogP contribution in [-0.2, 0) is 19.1 Å². The Morgan fingerprint density at radius 1 is 1.04 bits per heavy atom. The molecule has 0 radical (unpaired) electrons. The molecule has 0 spiro atoms. The van der Waals surface area contributed by atoms with E-state index in [2.05, 4.69) is 0 Å². The van der Waals surface area contributed by atoms with Crippen LogP contribution in [0.3, 0.4) is 0 Å². The molecule has 2 aliphatic carbocycles. The molecule has 1 aromatic rings. The average molecular weight is 373 g/mol. The van der Waals surface area contributed by atoms with E-state index in [1.54, 1.807) is 0 Å². The summed E-state index contributed by atoms with van der Waals surface area (Å²) in [6.07, 6.45) is 2.84. The molecule has 2 amide bonds. The maximum atomic E-state index is 12.9. The zero-order valence-corrected chi connectivity index (χ0v) is 14.7. The Labute approximate surface area is 155 Å². The largest absolute Gasteiger partial charge is 0.457 e. The van der Waals surface area contributed by atoms with E-state index in [9.17, 15) is 23.6 Å². The summed E-state index contributed by atoms with van der Waals surface area (Å²) in [6, 6.07) is 4.95. The first-order valence-corrected chi connectivity index (χ1v) is 9.25. The number of halogens is 1. The van der Waals surface area contributed by atoms with Crippen molar-refractivity contribution in [2.45, 2.75) is 25.7 Å². The second-order valence-corrected chi connectivity index (χ2v) is 7.55. The zero-order valence-electron chi connectivity index (χ0n) is 14.7. The van der Waals surface area contributed by atoms with Crippen LogP contribution in [0.25, 0.3) is 0 Å². The topological polar surface area (TPSA) is 80.8 Å². The number of hydrogen-bond donors (Lipinski definition) is 0. The number of esters is 1. The highest BCUT2D eigenvalue weighted by atomic mass is 19.1. The summed E-state index contributed by atoms with van der Waals surface area (Å²) in [5.74, 6) is -1.65. The van der Waals surface area contributed by atoms with Crippen molar-refractivity contribution in [3.8, 4) is 0 Å². The Balaban J connectivity index is 1.27. The highest BCUT2D eigenvalue weighted by Gasteiger charge is 2.60. The van der Waals surface area contributed by atoms with Crippen LogP contribution in [0.2, 0.25) is 0 Å². The first-order chi connectivity index (χ1) is 13.0. The quantitative estimate of drug-likeness (QED) is 0.433. The molecule has 3 fully saturated rings. The van der Waals surface area contributed by atoms with Gasteiger partial charge in [0.2, 0.25) is 11.8 Å². The third-order valence-electron chi connectivity index (χ3n) is 6.09. The lowest BCUT2D eigenvalue weighted by Crippen LogP contribution is -2.35. The number of ketones is 1. The van der Waals surface area contributed by atoms with E-state index in [-0.39, 0.29) is 42.2 Å². The van der Waals surface area contributed by atoms with Crippen LogP contribution in [0.1, 0.15) is 36.0 Å². The number of likely N-dealkylation sites (tertiary alicyclic amines) is 1. The Morgan fingerprint density at radius 3 is 2.22 bits per heavy atom. The summed E-state index contributed by atoms with van der Waals surface area (Å²) in [7, 11) is 0. The molecule has 0 N–H and O–H groups in total. The summed E-state index contributed by atoms with van der Waals surface area (Å²) in [4.78, 5) is 50.1. The smallest absolute Gasteiger partial charge is 0.308 e. The Hall–Kier alpha value is -2.57. The standard InChI is InChI=1S/C20H20FNO5/c21-14-5-3-11(4-6-14)15(23)10-27-16(24)7-8-22-19(25)17-12-1-2-13(9-12)18(17)20(22)26/h3-6,12-13,17-18H,1-2,7-10H2/t12-,13+,17-,18-/m0/s1. The third-order valence-corrected chi connectivity index (χ3v) is 6.09. The number of fused-ring (bicyclic) bond motifs is 5. The van der Waals surface area contributed by atoms with Gasteiger partial charge in [0.05, 0.1) is 18.3 Å². The van der Waals surface area contributed by atoms with Crippen molar-refractivity contribution in [1.29, 1.82) is 0 Å². The van der Waals surface area contributed by atoms with Crippen LogP contribution in [-0.4, -0.2) is 41.6 Å². The highest BCUT2D eigenvalue weighted by Crippen LogP contribution is 2.56. The van der Waals surface area contributed by atoms with Gasteiger partial charge in [-0.2, -0.15) is 0 Å². The maximum Gasteiger partial charge on any atom is 0.308 e. The SMILES string of the molecule is O=C(CCN1C(=O)[C@H]2[C@@H]3CC[C@@H](C3)[C@@H]2C1=O)OCC(=O)c1ccc(F)cc1. The number of rotatable bonds is 6. The third kappa shape index (κ3) is 3.15. The fraction of sp³-hybridized carbons (Fsp3) is 0.500. The normalized spacial score (nSPS) is 28.6. The summed E-state index contributed by atoms with van der Waals surface area (Å²) >= 11 is 0. The average Bonchev–Trinajstić information content (AvgIpc) is 3.33. The number of ether oxygens (including phenoxy) is 1. The molecule has 4 rings (SSSR count). The van der Waals surface area contributed by atoms with Gasteiger partial charge in [0.15, 0.2) is 12.4 Å². The summed E-state index contributed by atoms with van der Waals surface area (Å²) in [6.45, 7) is -0.463. The molecule has 1 heterocycles. The van der Waals surface area contributed by atoms with Crippen molar-refractivity contribution in [2.24, 2.45) is 23.7 Å². The van der Waals surface area contributed by atoms with Crippen molar-refractivity contribution in [2.75, 3.05) is 13.2 Å². The first-order valence-electron chi connectivity index (χ1n) is 9.25. The minimum atomic E-state index is -0.647. The Kier molecular flexibility index (Phi) is 4.53. The van der Waals surface area contributed by atoms with E-state index in [4.69, 9.17) is 4.74 Å². The van der Waals surface area contributed by atoms with Crippen molar-refractivity contribution in [3.05, 3.63) is 35.6 Å².